The first-order valence-electron chi connectivity index (χ1n) is 10.1. The van der Waals surface area contributed by atoms with Crippen molar-refractivity contribution in [2.75, 3.05) is 19.6 Å². The number of fused-ring (bicyclic) bond motifs is 2. The molecule has 5 heteroatoms. The van der Waals surface area contributed by atoms with Crippen molar-refractivity contribution >= 4 is 21.9 Å². The summed E-state index contributed by atoms with van der Waals surface area (Å²) >= 11 is 0. The van der Waals surface area contributed by atoms with Gasteiger partial charge in [0.15, 0.2) is 5.58 Å². The highest BCUT2D eigenvalue weighted by Crippen LogP contribution is 2.32. The Hall–Kier alpha value is -2.66. The fraction of sp³-hybridized carbons (Fsp3) is 0.348. The molecule has 4 aromatic rings. The monoisotopic (exact) mass is 377 g/mol. The maximum atomic E-state index is 13.3. The lowest BCUT2D eigenvalue weighted by Crippen LogP contribution is -2.34. The van der Waals surface area contributed by atoms with E-state index in [-0.39, 0.29) is 5.82 Å². The second kappa shape index (κ2) is 7.40. The minimum Gasteiger partial charge on any atom is -0.356 e. The fourth-order valence-electron chi connectivity index (χ4n) is 4.46. The lowest BCUT2D eigenvalue weighted by Gasteiger charge is -2.31. The molecule has 3 heterocycles. The third-order valence-electron chi connectivity index (χ3n) is 5.99. The number of hydrogen-bond donors (Lipinski definition) is 0. The number of aryl methyl sites for hydroxylation is 1. The molecule has 5 rings (SSSR count). The molecule has 4 nitrogen and oxygen atoms in total. The summed E-state index contributed by atoms with van der Waals surface area (Å²) in [5.41, 5.74) is 2.86. The maximum absolute atomic E-state index is 13.3. The van der Waals surface area contributed by atoms with Crippen LogP contribution in [0.1, 0.15) is 30.9 Å². The number of rotatable bonds is 5. The van der Waals surface area contributed by atoms with Crippen LogP contribution >= 0.6 is 0 Å². The summed E-state index contributed by atoms with van der Waals surface area (Å²) in [6.45, 7) is 4.32. The molecule has 1 fully saturated rings. The van der Waals surface area contributed by atoms with Gasteiger partial charge >= 0.3 is 0 Å². The van der Waals surface area contributed by atoms with E-state index < -0.39 is 0 Å². The van der Waals surface area contributed by atoms with Crippen LogP contribution in [0.3, 0.4) is 0 Å². The second-order valence-electron chi connectivity index (χ2n) is 7.75. The Morgan fingerprint density at radius 1 is 1.04 bits per heavy atom. The Kier molecular flexibility index (Phi) is 4.61. The van der Waals surface area contributed by atoms with Gasteiger partial charge in [-0.1, -0.05) is 23.4 Å². The van der Waals surface area contributed by atoms with Crippen molar-refractivity contribution in [1.82, 2.24) is 14.6 Å². The quantitative estimate of drug-likeness (QED) is 0.480. The number of piperidine rings is 1. The van der Waals surface area contributed by atoms with Gasteiger partial charge in [0.2, 0.25) is 0 Å². The predicted octanol–water partition coefficient (Wildman–Crippen LogP) is 5.19. The van der Waals surface area contributed by atoms with Gasteiger partial charge in [-0.15, -0.1) is 0 Å². The Balaban J connectivity index is 1.16. The topological polar surface area (TPSA) is 34.2 Å². The van der Waals surface area contributed by atoms with E-state index in [1.165, 1.54) is 23.0 Å². The first kappa shape index (κ1) is 17.4. The van der Waals surface area contributed by atoms with Crippen LogP contribution in [0.25, 0.3) is 21.9 Å². The van der Waals surface area contributed by atoms with Gasteiger partial charge < -0.3 is 14.0 Å². The van der Waals surface area contributed by atoms with Crippen LogP contribution in [0.5, 0.6) is 0 Å². The van der Waals surface area contributed by atoms with Gasteiger partial charge in [0.25, 0.3) is 0 Å². The molecule has 1 aliphatic rings. The minimum atomic E-state index is -0.277. The zero-order valence-electron chi connectivity index (χ0n) is 15.9. The number of nitrogens with zero attached hydrogens (tertiary/aromatic N) is 3. The smallest absolute Gasteiger partial charge is 0.170 e. The minimum absolute atomic E-state index is 0.277. The molecule has 0 saturated carbocycles. The first-order chi connectivity index (χ1) is 13.8. The van der Waals surface area contributed by atoms with Crippen LogP contribution in [0, 0.1) is 5.82 Å². The highest BCUT2D eigenvalue weighted by molar-refractivity contribution is 5.80. The van der Waals surface area contributed by atoms with Gasteiger partial charge in [0, 0.05) is 35.6 Å². The summed E-state index contributed by atoms with van der Waals surface area (Å²) < 4.78 is 21.0. The summed E-state index contributed by atoms with van der Waals surface area (Å²) in [5.74, 6) is 0.122. The van der Waals surface area contributed by atoms with Crippen molar-refractivity contribution in [3.63, 3.8) is 0 Å². The summed E-state index contributed by atoms with van der Waals surface area (Å²) in [6, 6.07) is 15.4. The number of aromatic nitrogens is 2. The molecule has 0 unspecified atom stereocenters. The molecule has 0 N–H and O–H groups in total. The second-order valence-corrected chi connectivity index (χ2v) is 7.75. The van der Waals surface area contributed by atoms with E-state index in [0.29, 0.717) is 11.5 Å². The molecule has 0 bridgehead atoms. The van der Waals surface area contributed by atoms with Crippen molar-refractivity contribution in [3.8, 4) is 0 Å². The standard InChI is InChI=1S/C23H24FN3O/c24-19-6-7-20-22(16-19)28-25-23(20)18-8-13-26(14-9-18)11-3-12-27-15-10-17-4-1-2-5-21(17)27/h1-2,4-7,10,15-16,18H,3,8-9,11-14H2. The van der Waals surface area contributed by atoms with Crippen molar-refractivity contribution in [2.24, 2.45) is 0 Å². The lowest BCUT2D eigenvalue weighted by atomic mass is 9.91. The van der Waals surface area contributed by atoms with Crippen LogP contribution in [0.2, 0.25) is 0 Å². The van der Waals surface area contributed by atoms with Crippen LogP contribution < -0.4 is 0 Å². The molecule has 0 aliphatic carbocycles. The number of para-hydroxylation sites is 1. The third-order valence-corrected chi connectivity index (χ3v) is 5.99. The van der Waals surface area contributed by atoms with Crippen LogP contribution in [-0.2, 0) is 6.54 Å². The Morgan fingerprint density at radius 3 is 2.79 bits per heavy atom. The largest absolute Gasteiger partial charge is 0.356 e. The molecule has 0 spiro atoms. The van der Waals surface area contributed by atoms with E-state index in [2.05, 4.69) is 51.2 Å². The van der Waals surface area contributed by atoms with E-state index in [0.717, 1.165) is 56.5 Å². The SMILES string of the molecule is Fc1ccc2c(C3CCN(CCCn4ccc5ccccc54)CC3)noc2c1. The highest BCUT2D eigenvalue weighted by Gasteiger charge is 2.24. The average Bonchev–Trinajstić information content (AvgIpc) is 3.33. The van der Waals surface area contributed by atoms with Crippen molar-refractivity contribution in [2.45, 2.75) is 31.7 Å². The normalized spacial score (nSPS) is 16.3. The first-order valence-corrected chi connectivity index (χ1v) is 10.1. The molecule has 1 saturated heterocycles. The van der Waals surface area contributed by atoms with Gasteiger partial charge in [-0.2, -0.15) is 0 Å². The number of hydrogen-bond acceptors (Lipinski definition) is 3. The highest BCUT2D eigenvalue weighted by atomic mass is 19.1. The Bertz CT molecular complexity index is 1090. The molecule has 2 aromatic heterocycles. The number of halogens is 1. The van der Waals surface area contributed by atoms with Gasteiger partial charge in [0.05, 0.1) is 5.69 Å². The van der Waals surface area contributed by atoms with Crippen molar-refractivity contribution < 1.29 is 8.91 Å². The van der Waals surface area contributed by atoms with Crippen LogP contribution in [0.4, 0.5) is 4.39 Å². The van der Waals surface area contributed by atoms with E-state index in [1.807, 2.05) is 0 Å². The van der Waals surface area contributed by atoms with E-state index in [9.17, 15) is 4.39 Å². The summed E-state index contributed by atoms with van der Waals surface area (Å²) in [5, 5.41) is 6.51. The van der Waals surface area contributed by atoms with E-state index in [4.69, 9.17) is 4.52 Å². The van der Waals surface area contributed by atoms with Gasteiger partial charge in [-0.25, -0.2) is 4.39 Å². The molecule has 28 heavy (non-hydrogen) atoms. The molecule has 0 amide bonds. The molecule has 0 radical (unpaired) electrons. The van der Waals surface area contributed by atoms with Crippen LogP contribution in [-0.4, -0.2) is 34.3 Å². The summed E-state index contributed by atoms with van der Waals surface area (Å²) in [7, 11) is 0. The van der Waals surface area contributed by atoms with Crippen LogP contribution in [0.15, 0.2) is 59.3 Å². The predicted molar refractivity (Wildman–Crippen MR) is 109 cm³/mol. The number of likely N-dealkylation sites (tertiary alicyclic amines) is 1. The average molecular weight is 377 g/mol. The molecule has 144 valence electrons. The molecule has 0 atom stereocenters. The van der Waals surface area contributed by atoms with Gasteiger partial charge in [-0.3, -0.25) is 0 Å². The van der Waals surface area contributed by atoms with Crippen molar-refractivity contribution in [3.05, 3.63) is 66.2 Å². The lowest BCUT2D eigenvalue weighted by molar-refractivity contribution is 0.204. The fourth-order valence-corrected chi connectivity index (χ4v) is 4.46. The molecule has 2 aromatic carbocycles. The zero-order valence-corrected chi connectivity index (χ0v) is 15.9. The van der Waals surface area contributed by atoms with E-state index in [1.54, 1.807) is 6.07 Å². The van der Waals surface area contributed by atoms with E-state index >= 15 is 0 Å². The summed E-state index contributed by atoms with van der Waals surface area (Å²) in [6.07, 6.45) is 5.49. The molecular weight excluding hydrogens is 353 g/mol. The zero-order chi connectivity index (χ0) is 18.9. The Labute approximate surface area is 163 Å². The summed E-state index contributed by atoms with van der Waals surface area (Å²) in [4.78, 5) is 2.55. The maximum Gasteiger partial charge on any atom is 0.170 e. The molecule has 1 aliphatic heterocycles. The Morgan fingerprint density at radius 2 is 1.89 bits per heavy atom. The van der Waals surface area contributed by atoms with Crippen molar-refractivity contribution in [1.29, 1.82) is 0 Å². The number of benzene rings is 2. The molecular formula is C23H24FN3O. The van der Waals surface area contributed by atoms with Gasteiger partial charge in [0.1, 0.15) is 5.82 Å². The van der Waals surface area contributed by atoms with Gasteiger partial charge in [-0.05, 0) is 68.5 Å². The third kappa shape index (κ3) is 3.31.